The van der Waals surface area contributed by atoms with Crippen molar-refractivity contribution >= 4 is 15.9 Å². The van der Waals surface area contributed by atoms with Gasteiger partial charge in [0.05, 0.1) is 15.6 Å². The topological polar surface area (TPSA) is 191 Å². The molecule has 0 heterocycles. The molecule has 33 heavy (non-hydrogen) atoms. The molecular weight excluding hydrogens is 502 g/mol. The molecule has 0 saturated heterocycles. The summed E-state index contributed by atoms with van der Waals surface area (Å²) in [6, 6.07) is 4.82. The Hall–Kier alpha value is -3.86. The van der Waals surface area contributed by atoms with Gasteiger partial charge in [0.1, 0.15) is 11.3 Å². The third-order valence-corrected chi connectivity index (χ3v) is 6.09. The summed E-state index contributed by atoms with van der Waals surface area (Å²) < 4.78 is -0.195. The summed E-state index contributed by atoms with van der Waals surface area (Å²) in [7, 11) is 0. The van der Waals surface area contributed by atoms with E-state index in [1.807, 2.05) is 0 Å². The van der Waals surface area contributed by atoms with Crippen molar-refractivity contribution in [3.05, 3.63) is 38.7 Å². The fourth-order valence-electron chi connectivity index (χ4n) is 3.52. The van der Waals surface area contributed by atoms with E-state index in [1.54, 1.807) is 19.1 Å². The van der Waals surface area contributed by atoms with Crippen LogP contribution in [0.4, 0.5) is 0 Å². The molecule has 0 unspecified atom stereocenters. The molecule has 3 aromatic rings. The molecule has 0 spiro atoms. The predicted octanol–water partition coefficient (Wildman–Crippen LogP) is 4.74. The highest BCUT2D eigenvalue weighted by atomic mass is 79.9. The Bertz CT molecular complexity index is 1290. The van der Waals surface area contributed by atoms with E-state index in [9.17, 15) is 45.8 Å². The van der Waals surface area contributed by atoms with E-state index in [0.717, 1.165) is 5.56 Å². The van der Waals surface area contributed by atoms with Crippen molar-refractivity contribution in [1.29, 1.82) is 0 Å². The first-order valence-electron chi connectivity index (χ1n) is 9.37. The quantitative estimate of drug-likeness (QED) is 0.136. The van der Waals surface area contributed by atoms with Gasteiger partial charge in [-0.05, 0) is 47.8 Å². The molecule has 0 aliphatic carbocycles. The number of rotatable bonds is 4. The number of aromatic hydroxyl groups is 8. The average molecular weight is 522 g/mol. The maximum atomic E-state index is 11.5. The lowest BCUT2D eigenvalue weighted by atomic mass is 9.85. The Kier molecular flexibility index (Phi) is 5.71. The number of aryl methyl sites for hydroxylation is 1. The lowest BCUT2D eigenvalue weighted by molar-refractivity contribution is 0.329. The monoisotopic (exact) mass is 521 g/mol. The molecule has 174 valence electrons. The number of phenolic OH excluding ortho intramolecular Hbond substituents is 8. The van der Waals surface area contributed by atoms with Crippen molar-refractivity contribution in [2.75, 3.05) is 0 Å². The first-order chi connectivity index (χ1) is 15.3. The van der Waals surface area contributed by atoms with Crippen LogP contribution in [0.25, 0.3) is 22.3 Å². The van der Waals surface area contributed by atoms with Gasteiger partial charge in [-0.15, -0.1) is 4.91 Å². The van der Waals surface area contributed by atoms with Gasteiger partial charge in [0.15, 0.2) is 23.0 Å². The Morgan fingerprint density at radius 1 is 0.697 bits per heavy atom. The largest absolute Gasteiger partial charge is 0.506 e. The summed E-state index contributed by atoms with van der Waals surface area (Å²) in [6.07, 6.45) is 0. The summed E-state index contributed by atoms with van der Waals surface area (Å²) in [5.74, 6) is -8.78. The van der Waals surface area contributed by atoms with Crippen LogP contribution in [0.1, 0.15) is 25.0 Å². The summed E-state index contributed by atoms with van der Waals surface area (Å²) in [4.78, 5) is 11.5. The third-order valence-electron chi connectivity index (χ3n) is 5.31. The normalized spacial score (nSPS) is 11.5. The maximum absolute atomic E-state index is 11.5. The third kappa shape index (κ3) is 3.50. The summed E-state index contributed by atoms with van der Waals surface area (Å²) >= 11 is 3.10. The second-order valence-corrected chi connectivity index (χ2v) is 8.72. The van der Waals surface area contributed by atoms with Gasteiger partial charge in [-0.3, -0.25) is 0 Å². The molecule has 0 aromatic heterocycles. The van der Waals surface area contributed by atoms with Crippen molar-refractivity contribution < 1.29 is 40.9 Å². The fourth-order valence-corrected chi connectivity index (χ4v) is 4.11. The minimum absolute atomic E-state index is 0.155. The van der Waals surface area contributed by atoms with Gasteiger partial charge in [-0.2, -0.15) is 0 Å². The van der Waals surface area contributed by atoms with Crippen LogP contribution in [0.15, 0.2) is 27.8 Å². The number of hydrogen-bond donors (Lipinski definition) is 8. The Morgan fingerprint density at radius 3 is 1.67 bits per heavy atom. The molecule has 0 aliphatic rings. The molecule has 0 radical (unpaired) electrons. The summed E-state index contributed by atoms with van der Waals surface area (Å²) in [6.45, 7) is 4.82. The zero-order valence-corrected chi connectivity index (χ0v) is 19.1. The van der Waals surface area contributed by atoms with Crippen molar-refractivity contribution in [2.24, 2.45) is 5.18 Å². The lowest BCUT2D eigenvalue weighted by Gasteiger charge is -2.24. The van der Waals surface area contributed by atoms with Gasteiger partial charge in [0.25, 0.3) is 0 Å². The minimum Gasteiger partial charge on any atom is -0.506 e. The number of halogens is 1. The van der Waals surface area contributed by atoms with E-state index in [2.05, 4.69) is 21.1 Å². The fraction of sp³-hybridized carbons (Fsp3) is 0.182. The van der Waals surface area contributed by atoms with Crippen LogP contribution in [0.2, 0.25) is 0 Å². The van der Waals surface area contributed by atoms with Gasteiger partial charge in [-0.25, -0.2) is 0 Å². The predicted molar refractivity (Wildman–Crippen MR) is 122 cm³/mol. The zero-order chi connectivity index (χ0) is 25.0. The van der Waals surface area contributed by atoms with E-state index < -0.39 is 62.7 Å². The summed E-state index contributed by atoms with van der Waals surface area (Å²) in [5.41, 5.74) is -1.78. The highest BCUT2D eigenvalue weighted by Crippen LogP contribution is 2.62. The van der Waals surface area contributed by atoms with Crippen LogP contribution in [0.5, 0.6) is 46.0 Å². The smallest absolute Gasteiger partial charge is 0.208 e. The second-order valence-electron chi connectivity index (χ2n) is 7.93. The molecule has 0 amide bonds. The molecule has 0 saturated carbocycles. The van der Waals surface area contributed by atoms with E-state index in [-0.39, 0.29) is 15.6 Å². The maximum Gasteiger partial charge on any atom is 0.208 e. The summed E-state index contributed by atoms with van der Waals surface area (Å²) in [5, 5.41) is 85.5. The highest BCUT2D eigenvalue weighted by molar-refractivity contribution is 9.10. The molecule has 0 fully saturated rings. The zero-order valence-electron chi connectivity index (χ0n) is 17.5. The molecule has 0 atom stereocenters. The minimum atomic E-state index is -1.29. The Morgan fingerprint density at radius 2 is 1.15 bits per heavy atom. The number of hydrogen-bond acceptors (Lipinski definition) is 10. The van der Waals surface area contributed by atoms with Crippen LogP contribution in [0.3, 0.4) is 0 Å². The SMILES string of the molecule is Cc1ccc(-c2c(O)c(-c3c(O)c(O)c(O)c(O)c3O)c(O)c(O)c2Br)c(C(C)(C)N=O)c1. The van der Waals surface area contributed by atoms with Gasteiger partial charge in [0, 0.05) is 5.56 Å². The van der Waals surface area contributed by atoms with Gasteiger partial charge < -0.3 is 40.9 Å². The van der Waals surface area contributed by atoms with Gasteiger partial charge in [-0.1, -0.05) is 28.9 Å². The van der Waals surface area contributed by atoms with Gasteiger partial charge in [0.2, 0.25) is 17.2 Å². The van der Waals surface area contributed by atoms with Crippen LogP contribution in [-0.4, -0.2) is 40.9 Å². The first kappa shape index (κ1) is 23.8. The number of benzene rings is 3. The van der Waals surface area contributed by atoms with Crippen molar-refractivity contribution in [3.8, 4) is 68.2 Å². The van der Waals surface area contributed by atoms with Crippen LogP contribution in [0, 0.1) is 11.8 Å². The van der Waals surface area contributed by atoms with E-state index in [0.29, 0.717) is 5.56 Å². The van der Waals surface area contributed by atoms with Crippen LogP contribution < -0.4 is 0 Å². The number of phenols is 8. The molecule has 0 aliphatic heterocycles. The molecule has 3 rings (SSSR count). The lowest BCUT2D eigenvalue weighted by Crippen LogP contribution is -2.14. The number of nitrogens with zero attached hydrogens (tertiary/aromatic N) is 1. The van der Waals surface area contributed by atoms with E-state index in [4.69, 9.17) is 0 Å². The highest BCUT2D eigenvalue weighted by Gasteiger charge is 2.34. The van der Waals surface area contributed by atoms with Crippen molar-refractivity contribution in [3.63, 3.8) is 0 Å². The standard InChI is InChI=1S/C22H20BrNO9/c1-7-4-5-8(9(6-7)22(2,3)24-33)10-13(23)18(29)15(26)11(14(10)25)12-16(27)19(30)21(32)20(31)17(12)28/h4-6,25-32H,1-3H3. The average Bonchev–Trinajstić information content (AvgIpc) is 2.78. The molecule has 3 aromatic carbocycles. The molecule has 11 heteroatoms. The van der Waals surface area contributed by atoms with Gasteiger partial charge >= 0.3 is 0 Å². The van der Waals surface area contributed by atoms with Crippen molar-refractivity contribution in [2.45, 2.75) is 26.3 Å². The molecular formula is C22H20BrNO9. The Labute approximate surface area is 195 Å². The molecule has 0 bridgehead atoms. The van der Waals surface area contributed by atoms with E-state index in [1.165, 1.54) is 19.9 Å². The Balaban J connectivity index is 2.54. The molecule has 10 nitrogen and oxygen atoms in total. The van der Waals surface area contributed by atoms with Crippen LogP contribution >= 0.6 is 15.9 Å². The van der Waals surface area contributed by atoms with Crippen LogP contribution in [-0.2, 0) is 5.54 Å². The first-order valence-corrected chi connectivity index (χ1v) is 10.2. The molecule has 8 N–H and O–H groups in total. The second kappa shape index (κ2) is 7.93. The van der Waals surface area contributed by atoms with Crippen molar-refractivity contribution in [1.82, 2.24) is 0 Å². The van der Waals surface area contributed by atoms with E-state index >= 15 is 0 Å². The number of nitroso groups, excluding NO2 is 1.